The van der Waals surface area contributed by atoms with Crippen LogP contribution in [-0.2, 0) is 65.4 Å². The lowest BCUT2D eigenvalue weighted by Gasteiger charge is -2.21. The second kappa shape index (κ2) is 74.7. The smallest absolute Gasteiger partial charge is 0.462 e. The van der Waals surface area contributed by atoms with Crippen molar-refractivity contribution in [3.63, 3.8) is 0 Å². The van der Waals surface area contributed by atoms with Gasteiger partial charge in [-0.3, -0.25) is 37.3 Å². The quantitative estimate of drug-likeness (QED) is 0.0169. The van der Waals surface area contributed by atoms with E-state index in [2.05, 4.69) is 137 Å². The van der Waals surface area contributed by atoms with E-state index in [0.717, 1.165) is 161 Å². The third-order valence-electron chi connectivity index (χ3n) is 16.4. The van der Waals surface area contributed by atoms with Crippen LogP contribution in [0.2, 0.25) is 0 Å². The van der Waals surface area contributed by atoms with Gasteiger partial charge in [0.1, 0.15) is 19.3 Å². The summed E-state index contributed by atoms with van der Waals surface area (Å²) >= 11 is 0. The molecule has 0 heterocycles. The second-order valence-electron chi connectivity index (χ2n) is 26.2. The number of aliphatic hydroxyl groups excluding tert-OH is 1. The van der Waals surface area contributed by atoms with Crippen molar-refractivity contribution < 1.29 is 80.2 Å². The molecule has 0 aromatic heterocycles. The summed E-state index contributed by atoms with van der Waals surface area (Å²) < 4.78 is 68.5. The Balaban J connectivity index is 5.36. The molecule has 19 heteroatoms. The van der Waals surface area contributed by atoms with Gasteiger partial charge in [0.15, 0.2) is 12.2 Å². The molecule has 17 nitrogen and oxygen atoms in total. The lowest BCUT2D eigenvalue weighted by molar-refractivity contribution is -0.161. The molecular formula is C83H142O17P2. The largest absolute Gasteiger partial charge is 0.472 e. The van der Waals surface area contributed by atoms with Gasteiger partial charge in [-0.15, -0.1) is 0 Å². The van der Waals surface area contributed by atoms with Crippen LogP contribution >= 0.6 is 15.6 Å². The molecule has 0 aliphatic heterocycles. The number of esters is 4. The minimum absolute atomic E-state index is 0.0784. The van der Waals surface area contributed by atoms with E-state index in [9.17, 15) is 43.2 Å². The number of hydrogen-bond acceptors (Lipinski definition) is 15. The topological polar surface area (TPSA) is 237 Å². The summed E-state index contributed by atoms with van der Waals surface area (Å²) in [5.41, 5.74) is 0. The Kier molecular flexibility index (Phi) is 71.4. The van der Waals surface area contributed by atoms with Crippen molar-refractivity contribution in [2.75, 3.05) is 39.6 Å². The zero-order valence-electron chi connectivity index (χ0n) is 64.0. The number of carbonyl (C=O) groups is 4. The van der Waals surface area contributed by atoms with Crippen molar-refractivity contribution in [1.82, 2.24) is 0 Å². The summed E-state index contributed by atoms with van der Waals surface area (Å²) in [4.78, 5) is 72.9. The predicted molar refractivity (Wildman–Crippen MR) is 418 cm³/mol. The van der Waals surface area contributed by atoms with E-state index < -0.39 is 97.5 Å². The highest BCUT2D eigenvalue weighted by atomic mass is 31.2. The maximum absolute atomic E-state index is 13.1. The third kappa shape index (κ3) is 73.8. The fraction of sp³-hybridized carbons (Fsp3) is 0.711. The first kappa shape index (κ1) is 97.5. The molecule has 0 aromatic carbocycles. The maximum atomic E-state index is 13.1. The highest BCUT2D eigenvalue weighted by Crippen LogP contribution is 2.45. The van der Waals surface area contributed by atoms with Crippen molar-refractivity contribution in [3.05, 3.63) is 122 Å². The van der Waals surface area contributed by atoms with Crippen LogP contribution < -0.4 is 0 Å². The number of unbranched alkanes of at least 4 members (excludes halogenated alkanes) is 28. The number of aliphatic hydroxyl groups is 1. The van der Waals surface area contributed by atoms with Gasteiger partial charge in [-0.05, 0) is 122 Å². The van der Waals surface area contributed by atoms with E-state index in [1.54, 1.807) is 0 Å². The van der Waals surface area contributed by atoms with Crippen LogP contribution in [0.3, 0.4) is 0 Å². The first-order valence-electron chi connectivity index (χ1n) is 39.8. The summed E-state index contributed by atoms with van der Waals surface area (Å²) in [5.74, 6) is -2.26. The van der Waals surface area contributed by atoms with Crippen molar-refractivity contribution in [2.24, 2.45) is 0 Å². The SMILES string of the molecule is CC/C=C\C/C=C\C/C=C\C/C=C\C/C=C\CCCC(=O)OCC(COP(=O)(O)OCC(O)COP(=O)(O)OCC(COC(=O)CCCCCCCC/C=C\C/C=C\C/C=C\C/C=C\CC)OC(=O)CCCCCCC/C=C\CCCC)OC(=O)CCCCCCCCCCCCCCCCC. The van der Waals surface area contributed by atoms with Gasteiger partial charge < -0.3 is 33.8 Å². The molecular weight excluding hydrogens is 1330 g/mol. The van der Waals surface area contributed by atoms with Gasteiger partial charge in [-0.2, -0.15) is 0 Å². The van der Waals surface area contributed by atoms with Crippen LogP contribution in [0.15, 0.2) is 122 Å². The normalized spacial score (nSPS) is 14.5. The van der Waals surface area contributed by atoms with Crippen LogP contribution in [0.5, 0.6) is 0 Å². The Morgan fingerprint density at radius 2 is 0.529 bits per heavy atom. The van der Waals surface area contributed by atoms with Crippen molar-refractivity contribution in [1.29, 1.82) is 0 Å². The van der Waals surface area contributed by atoms with Crippen LogP contribution in [0.25, 0.3) is 0 Å². The Labute approximate surface area is 619 Å². The highest BCUT2D eigenvalue weighted by Gasteiger charge is 2.30. The molecule has 102 heavy (non-hydrogen) atoms. The zero-order valence-corrected chi connectivity index (χ0v) is 65.8. The molecule has 0 aliphatic carbocycles. The minimum atomic E-state index is -4.99. The lowest BCUT2D eigenvalue weighted by Crippen LogP contribution is -2.30. The zero-order chi connectivity index (χ0) is 74.6. The van der Waals surface area contributed by atoms with Gasteiger partial charge in [0.2, 0.25) is 0 Å². The number of allylic oxidation sites excluding steroid dienone is 20. The van der Waals surface area contributed by atoms with Crippen LogP contribution in [0, 0.1) is 0 Å². The van der Waals surface area contributed by atoms with Crippen LogP contribution in [0.4, 0.5) is 0 Å². The first-order valence-corrected chi connectivity index (χ1v) is 42.8. The number of ether oxygens (including phenoxy) is 4. The molecule has 0 aromatic rings. The van der Waals surface area contributed by atoms with Gasteiger partial charge in [0.05, 0.1) is 26.4 Å². The third-order valence-corrected chi connectivity index (χ3v) is 18.3. The summed E-state index contributed by atoms with van der Waals surface area (Å²) in [7, 11) is -9.97. The minimum Gasteiger partial charge on any atom is -0.462 e. The summed E-state index contributed by atoms with van der Waals surface area (Å²) in [5, 5.41) is 10.6. The van der Waals surface area contributed by atoms with Crippen molar-refractivity contribution >= 4 is 39.5 Å². The van der Waals surface area contributed by atoms with Gasteiger partial charge in [0.25, 0.3) is 0 Å². The number of phosphoric ester groups is 2. The molecule has 0 rings (SSSR count). The fourth-order valence-corrected chi connectivity index (χ4v) is 12.0. The molecule has 0 saturated carbocycles. The number of carbonyl (C=O) groups excluding carboxylic acids is 4. The van der Waals surface area contributed by atoms with Crippen LogP contribution in [-0.4, -0.2) is 96.7 Å². The van der Waals surface area contributed by atoms with Gasteiger partial charge >= 0.3 is 39.5 Å². The maximum Gasteiger partial charge on any atom is 0.472 e. The fourth-order valence-electron chi connectivity index (χ4n) is 10.4. The number of phosphoric acid groups is 2. The Bertz CT molecular complexity index is 2410. The molecule has 0 spiro atoms. The first-order chi connectivity index (χ1) is 49.7. The van der Waals surface area contributed by atoms with E-state index in [1.165, 1.54) is 77.0 Å². The molecule has 0 radical (unpaired) electrons. The molecule has 0 saturated heterocycles. The molecule has 3 N–H and O–H groups in total. The summed E-state index contributed by atoms with van der Waals surface area (Å²) in [6.07, 6.45) is 81.9. The van der Waals surface area contributed by atoms with E-state index in [0.29, 0.717) is 32.1 Å². The van der Waals surface area contributed by atoms with E-state index in [-0.39, 0.29) is 25.7 Å². The van der Waals surface area contributed by atoms with Gasteiger partial charge in [-0.25, -0.2) is 9.13 Å². The Morgan fingerprint density at radius 3 is 0.863 bits per heavy atom. The van der Waals surface area contributed by atoms with E-state index in [1.807, 2.05) is 12.2 Å². The molecule has 0 fully saturated rings. The summed E-state index contributed by atoms with van der Waals surface area (Å²) in [6, 6.07) is 0. The lowest BCUT2D eigenvalue weighted by atomic mass is 10.0. The number of rotatable bonds is 74. The standard InChI is InChI=1S/C83H142O17P2/c1-5-9-13-17-21-25-29-32-35-37-38-40-43-45-49-52-56-60-64-68-80(85)93-73-78(99-82(87)69-65-61-57-53-47-28-24-20-16-12-8-4)75-97-101(89,90)95-71-77(84)72-96-102(91,92)98-76-79(100-83(88)70-66-62-58-54-50-46-41-34-31-27-23-19-15-11-7-3)74-94-81(86)67-63-59-55-51-48-44-42-39-36-33-30-26-22-18-14-10-6-2/h9-10,13-14,20-22,24-26,32-33,35-36,38,40,42,44,51,55,77-79,84H,5-8,11-12,15-19,23,27-31,34,37,39,41,43,45-50,52-54,56-76H2,1-4H3,(H,89,90)(H,91,92)/b13-9-,14-10-,24-20-,25-21-,26-22-,35-32-,36-33-,40-38-,44-42-,55-51-. The monoisotopic (exact) mass is 1470 g/mol. The Morgan fingerprint density at radius 1 is 0.284 bits per heavy atom. The van der Waals surface area contributed by atoms with Crippen LogP contribution in [0.1, 0.15) is 323 Å². The molecule has 586 valence electrons. The molecule has 0 bridgehead atoms. The van der Waals surface area contributed by atoms with E-state index >= 15 is 0 Å². The average molecular weight is 1470 g/mol. The average Bonchev–Trinajstić information content (AvgIpc) is 0.944. The predicted octanol–water partition coefficient (Wildman–Crippen LogP) is 23.1. The van der Waals surface area contributed by atoms with Gasteiger partial charge in [0, 0.05) is 25.7 Å². The molecule has 0 amide bonds. The second-order valence-corrected chi connectivity index (χ2v) is 29.2. The molecule has 5 unspecified atom stereocenters. The van der Waals surface area contributed by atoms with Gasteiger partial charge in [-0.1, -0.05) is 297 Å². The van der Waals surface area contributed by atoms with Crippen molar-refractivity contribution in [2.45, 2.75) is 341 Å². The molecule has 5 atom stereocenters. The number of hydrogen-bond donors (Lipinski definition) is 3. The van der Waals surface area contributed by atoms with E-state index in [4.69, 9.17) is 37.0 Å². The Hall–Kier alpha value is -4.54. The summed E-state index contributed by atoms with van der Waals surface area (Å²) in [6.45, 7) is 4.55. The molecule has 0 aliphatic rings. The van der Waals surface area contributed by atoms with Crippen molar-refractivity contribution in [3.8, 4) is 0 Å². The highest BCUT2D eigenvalue weighted by molar-refractivity contribution is 7.47.